The van der Waals surface area contributed by atoms with Crippen molar-refractivity contribution in [2.75, 3.05) is 45.9 Å². The van der Waals surface area contributed by atoms with E-state index in [2.05, 4.69) is 5.32 Å². The van der Waals surface area contributed by atoms with Crippen LogP contribution in [0.4, 0.5) is 4.79 Å². The molecule has 0 aliphatic carbocycles. The second-order valence-electron chi connectivity index (χ2n) is 4.20. The van der Waals surface area contributed by atoms with Crippen LogP contribution < -0.4 is 5.32 Å². The van der Waals surface area contributed by atoms with Crippen molar-refractivity contribution in [1.29, 1.82) is 0 Å². The van der Waals surface area contributed by atoms with Gasteiger partial charge < -0.3 is 15.0 Å². The first kappa shape index (κ1) is 14.8. The summed E-state index contributed by atoms with van der Waals surface area (Å²) in [5.74, 6) is -0.00592. The van der Waals surface area contributed by atoms with Crippen LogP contribution in [0.5, 0.6) is 0 Å². The van der Waals surface area contributed by atoms with Crippen LogP contribution in [0.15, 0.2) is 0 Å². The first-order valence-electron chi connectivity index (χ1n) is 6.59. The Balaban J connectivity index is 2.47. The van der Waals surface area contributed by atoms with Gasteiger partial charge in [0.05, 0.1) is 6.61 Å². The second-order valence-corrected chi connectivity index (χ2v) is 4.20. The minimum absolute atomic E-state index is 0.00592. The molecule has 18 heavy (non-hydrogen) atoms. The van der Waals surface area contributed by atoms with Gasteiger partial charge in [-0.25, -0.2) is 4.79 Å². The highest BCUT2D eigenvalue weighted by atomic mass is 16.6. The van der Waals surface area contributed by atoms with Gasteiger partial charge in [0.25, 0.3) is 0 Å². The molecule has 1 N–H and O–H groups in total. The fraction of sp³-hybridized carbons (Fsp3) is 0.833. The van der Waals surface area contributed by atoms with E-state index in [9.17, 15) is 9.59 Å². The van der Waals surface area contributed by atoms with Crippen LogP contribution in [0, 0.1) is 0 Å². The van der Waals surface area contributed by atoms with Crippen LogP contribution in [-0.2, 0) is 9.53 Å². The molecule has 1 aliphatic heterocycles. The summed E-state index contributed by atoms with van der Waals surface area (Å²) in [5, 5.41) is 3.24. The molecule has 6 heteroatoms. The average Bonchev–Trinajstić information content (AvgIpc) is 2.64. The fourth-order valence-electron chi connectivity index (χ4n) is 1.88. The fourth-order valence-corrected chi connectivity index (χ4v) is 1.88. The van der Waals surface area contributed by atoms with Crippen molar-refractivity contribution in [3.63, 3.8) is 0 Å². The summed E-state index contributed by atoms with van der Waals surface area (Å²) in [4.78, 5) is 26.9. The van der Waals surface area contributed by atoms with Crippen molar-refractivity contribution >= 4 is 12.0 Å². The summed E-state index contributed by atoms with van der Waals surface area (Å²) < 4.78 is 4.91. The molecule has 0 radical (unpaired) electrons. The van der Waals surface area contributed by atoms with Crippen LogP contribution >= 0.6 is 0 Å². The molecule has 104 valence electrons. The van der Waals surface area contributed by atoms with Crippen LogP contribution in [0.1, 0.15) is 20.3 Å². The van der Waals surface area contributed by atoms with E-state index in [1.54, 1.807) is 6.92 Å². The first-order valence-corrected chi connectivity index (χ1v) is 6.59. The molecule has 0 unspecified atom stereocenters. The molecule has 1 aliphatic rings. The predicted octanol–water partition coefficient (Wildman–Crippen LogP) is 0.287. The molecule has 2 amide bonds. The molecule has 0 spiro atoms. The number of hydrogen-bond donors (Lipinski definition) is 1. The number of carbonyl (C=O) groups excluding carboxylic acids is 2. The zero-order chi connectivity index (χ0) is 13.4. The summed E-state index contributed by atoms with van der Waals surface area (Å²) in [5.41, 5.74) is 0. The third kappa shape index (κ3) is 4.52. The highest BCUT2D eigenvalue weighted by Gasteiger charge is 2.21. The average molecular weight is 257 g/mol. The van der Waals surface area contributed by atoms with Gasteiger partial charge in [0.1, 0.15) is 6.54 Å². The van der Waals surface area contributed by atoms with Crippen molar-refractivity contribution in [3.8, 4) is 0 Å². The Kier molecular flexibility index (Phi) is 6.49. The highest BCUT2D eigenvalue weighted by molar-refractivity contribution is 5.82. The third-order valence-corrected chi connectivity index (χ3v) is 2.93. The Bertz CT molecular complexity index is 276. The Morgan fingerprint density at radius 2 is 2.06 bits per heavy atom. The Labute approximate surface area is 108 Å². The number of nitrogens with zero attached hydrogens (tertiary/aromatic N) is 2. The molecule has 0 aromatic rings. The lowest BCUT2D eigenvalue weighted by Crippen LogP contribution is -2.44. The lowest BCUT2D eigenvalue weighted by atomic mass is 10.3. The van der Waals surface area contributed by atoms with E-state index in [0.29, 0.717) is 19.7 Å². The summed E-state index contributed by atoms with van der Waals surface area (Å²) >= 11 is 0. The normalized spacial score (nSPS) is 16.0. The van der Waals surface area contributed by atoms with Crippen molar-refractivity contribution in [2.45, 2.75) is 20.3 Å². The standard InChI is InChI=1S/C12H23N3O3/c1-3-14(12(17)18-4-2)10-11(16)15-8-5-6-13-7-9-15/h13H,3-10H2,1-2H3. The summed E-state index contributed by atoms with van der Waals surface area (Å²) in [6.07, 6.45) is 0.540. The van der Waals surface area contributed by atoms with Gasteiger partial charge in [-0.2, -0.15) is 0 Å². The number of rotatable bonds is 4. The molecular formula is C12H23N3O3. The molecular weight excluding hydrogens is 234 g/mol. The Morgan fingerprint density at radius 3 is 2.72 bits per heavy atom. The van der Waals surface area contributed by atoms with E-state index < -0.39 is 6.09 Å². The van der Waals surface area contributed by atoms with Gasteiger partial charge in [0.15, 0.2) is 0 Å². The smallest absolute Gasteiger partial charge is 0.410 e. The number of nitrogens with one attached hydrogen (secondary N) is 1. The van der Waals surface area contributed by atoms with E-state index >= 15 is 0 Å². The number of ether oxygens (including phenoxy) is 1. The van der Waals surface area contributed by atoms with Gasteiger partial charge in [-0.05, 0) is 26.8 Å². The lowest BCUT2D eigenvalue weighted by molar-refractivity contribution is -0.131. The van der Waals surface area contributed by atoms with Crippen molar-refractivity contribution in [2.24, 2.45) is 0 Å². The summed E-state index contributed by atoms with van der Waals surface area (Å²) in [6.45, 7) is 7.74. The van der Waals surface area contributed by atoms with Gasteiger partial charge >= 0.3 is 6.09 Å². The van der Waals surface area contributed by atoms with E-state index in [1.807, 2.05) is 11.8 Å². The Hall–Kier alpha value is -1.30. The van der Waals surface area contributed by atoms with Gasteiger partial charge in [-0.15, -0.1) is 0 Å². The second kappa shape index (κ2) is 7.92. The molecule has 0 saturated carbocycles. The van der Waals surface area contributed by atoms with Crippen LogP contribution in [-0.4, -0.2) is 67.7 Å². The van der Waals surface area contributed by atoms with E-state index in [4.69, 9.17) is 4.74 Å². The topological polar surface area (TPSA) is 61.9 Å². The largest absolute Gasteiger partial charge is 0.450 e. The molecule has 0 atom stereocenters. The zero-order valence-electron chi connectivity index (χ0n) is 11.3. The molecule has 0 aromatic carbocycles. The van der Waals surface area contributed by atoms with Crippen molar-refractivity contribution < 1.29 is 14.3 Å². The third-order valence-electron chi connectivity index (χ3n) is 2.93. The lowest BCUT2D eigenvalue weighted by Gasteiger charge is -2.25. The van der Waals surface area contributed by atoms with Gasteiger partial charge in [0, 0.05) is 26.2 Å². The number of hydrogen-bond acceptors (Lipinski definition) is 4. The first-order chi connectivity index (χ1) is 8.69. The molecule has 1 saturated heterocycles. The van der Waals surface area contributed by atoms with E-state index in [-0.39, 0.29) is 12.5 Å². The molecule has 1 heterocycles. The van der Waals surface area contributed by atoms with E-state index in [1.165, 1.54) is 4.90 Å². The number of likely N-dealkylation sites (N-methyl/N-ethyl adjacent to an activating group) is 1. The molecule has 0 bridgehead atoms. The van der Waals surface area contributed by atoms with Crippen LogP contribution in [0.25, 0.3) is 0 Å². The van der Waals surface area contributed by atoms with Gasteiger partial charge in [0.2, 0.25) is 5.91 Å². The van der Waals surface area contributed by atoms with E-state index in [0.717, 1.165) is 26.1 Å². The molecule has 6 nitrogen and oxygen atoms in total. The number of amides is 2. The maximum atomic E-state index is 12.1. The van der Waals surface area contributed by atoms with Crippen LogP contribution in [0.2, 0.25) is 0 Å². The number of carbonyl (C=O) groups is 2. The quantitative estimate of drug-likeness (QED) is 0.786. The minimum Gasteiger partial charge on any atom is -0.450 e. The summed E-state index contributed by atoms with van der Waals surface area (Å²) in [7, 11) is 0. The highest BCUT2D eigenvalue weighted by Crippen LogP contribution is 2.00. The van der Waals surface area contributed by atoms with Crippen molar-refractivity contribution in [1.82, 2.24) is 15.1 Å². The Morgan fingerprint density at radius 1 is 1.28 bits per heavy atom. The van der Waals surface area contributed by atoms with Gasteiger partial charge in [-0.1, -0.05) is 0 Å². The molecule has 1 fully saturated rings. The van der Waals surface area contributed by atoms with Gasteiger partial charge in [-0.3, -0.25) is 9.69 Å². The molecule has 1 rings (SSSR count). The monoisotopic (exact) mass is 257 g/mol. The SMILES string of the molecule is CCOC(=O)N(CC)CC(=O)N1CCCNCC1. The van der Waals surface area contributed by atoms with Crippen LogP contribution in [0.3, 0.4) is 0 Å². The maximum Gasteiger partial charge on any atom is 0.410 e. The zero-order valence-corrected chi connectivity index (χ0v) is 11.3. The minimum atomic E-state index is -0.415. The maximum absolute atomic E-state index is 12.1. The molecule has 0 aromatic heterocycles. The summed E-state index contributed by atoms with van der Waals surface area (Å²) in [6, 6.07) is 0. The van der Waals surface area contributed by atoms with Crippen molar-refractivity contribution in [3.05, 3.63) is 0 Å². The predicted molar refractivity (Wildman–Crippen MR) is 68.3 cm³/mol.